The van der Waals surface area contributed by atoms with Crippen LogP contribution in [-0.2, 0) is 0 Å². The van der Waals surface area contributed by atoms with Gasteiger partial charge in [-0.05, 0) is 41.5 Å². The number of hydrogen-bond acceptors (Lipinski definition) is 2. The van der Waals surface area contributed by atoms with Gasteiger partial charge < -0.3 is 9.47 Å². The van der Waals surface area contributed by atoms with Crippen LogP contribution in [0.2, 0.25) is 0 Å². The van der Waals surface area contributed by atoms with Gasteiger partial charge in [-0.25, -0.2) is 0 Å². The maximum atomic E-state index is 5.60. The summed E-state index contributed by atoms with van der Waals surface area (Å²) in [6, 6.07) is 5.93. The topological polar surface area (TPSA) is 18.5 Å². The van der Waals surface area contributed by atoms with Crippen molar-refractivity contribution in [3.63, 3.8) is 0 Å². The van der Waals surface area contributed by atoms with Gasteiger partial charge in [-0.15, -0.1) is 0 Å². The first kappa shape index (κ1) is 16.4. The number of methoxy groups -OCH3 is 2. The molecular formula is C20H26O2. The van der Waals surface area contributed by atoms with Gasteiger partial charge >= 0.3 is 0 Å². The lowest BCUT2D eigenvalue weighted by molar-refractivity contribution is 0.391. The van der Waals surface area contributed by atoms with Gasteiger partial charge in [0.2, 0.25) is 0 Å². The van der Waals surface area contributed by atoms with Crippen molar-refractivity contribution < 1.29 is 9.47 Å². The van der Waals surface area contributed by atoms with E-state index in [0.29, 0.717) is 0 Å². The first-order valence-corrected chi connectivity index (χ1v) is 7.70. The molecule has 0 bridgehead atoms. The molecule has 0 aliphatic heterocycles. The van der Waals surface area contributed by atoms with E-state index < -0.39 is 0 Å². The molecular weight excluding hydrogens is 272 g/mol. The monoisotopic (exact) mass is 298 g/mol. The zero-order chi connectivity index (χ0) is 16.3. The number of rotatable bonds is 4. The Morgan fingerprint density at radius 2 is 1.64 bits per heavy atom. The summed E-state index contributed by atoms with van der Waals surface area (Å²) in [7, 11) is 3.41. The van der Waals surface area contributed by atoms with Crippen molar-refractivity contribution in [2.45, 2.75) is 33.6 Å². The van der Waals surface area contributed by atoms with Gasteiger partial charge in [0.15, 0.2) is 0 Å². The van der Waals surface area contributed by atoms with E-state index in [2.05, 4.69) is 33.4 Å². The van der Waals surface area contributed by atoms with Crippen LogP contribution in [0.1, 0.15) is 39.2 Å². The summed E-state index contributed by atoms with van der Waals surface area (Å²) < 4.78 is 11.2. The third-order valence-corrected chi connectivity index (χ3v) is 4.18. The highest BCUT2D eigenvalue weighted by atomic mass is 16.5. The van der Waals surface area contributed by atoms with Crippen molar-refractivity contribution in [3.8, 4) is 11.5 Å². The lowest BCUT2D eigenvalue weighted by Gasteiger charge is -2.30. The average molecular weight is 298 g/mol. The molecule has 0 heterocycles. The van der Waals surface area contributed by atoms with Crippen molar-refractivity contribution in [2.75, 3.05) is 14.2 Å². The van der Waals surface area contributed by atoms with Crippen molar-refractivity contribution in [1.82, 2.24) is 0 Å². The third kappa shape index (κ3) is 3.11. The molecule has 118 valence electrons. The Bertz CT molecular complexity index is 605. The summed E-state index contributed by atoms with van der Waals surface area (Å²) >= 11 is 0. The lowest BCUT2D eigenvalue weighted by Crippen LogP contribution is -2.15. The highest BCUT2D eigenvalue weighted by Gasteiger charge is 2.27. The minimum absolute atomic E-state index is 0.102. The zero-order valence-corrected chi connectivity index (χ0v) is 14.3. The van der Waals surface area contributed by atoms with Gasteiger partial charge in [-0.1, -0.05) is 51.1 Å². The molecule has 1 aliphatic carbocycles. The molecule has 22 heavy (non-hydrogen) atoms. The summed E-state index contributed by atoms with van der Waals surface area (Å²) in [5.41, 5.74) is 5.04. The van der Waals surface area contributed by atoms with Crippen LogP contribution >= 0.6 is 0 Å². The van der Waals surface area contributed by atoms with Gasteiger partial charge in [-0.3, -0.25) is 0 Å². The normalized spacial score (nSPS) is 15.4. The molecule has 0 N–H and O–H groups in total. The molecule has 1 aromatic rings. The maximum absolute atomic E-state index is 5.60. The Balaban J connectivity index is 2.77. The predicted molar refractivity (Wildman–Crippen MR) is 93.4 cm³/mol. The summed E-state index contributed by atoms with van der Waals surface area (Å²) in [6.45, 7) is 10.7. The van der Waals surface area contributed by atoms with E-state index in [-0.39, 0.29) is 5.41 Å². The van der Waals surface area contributed by atoms with Crippen molar-refractivity contribution in [1.29, 1.82) is 0 Å². The Kier molecular flexibility index (Phi) is 4.80. The van der Waals surface area contributed by atoms with Crippen LogP contribution in [0.25, 0.3) is 5.57 Å². The minimum Gasteiger partial charge on any atom is -0.496 e. The minimum atomic E-state index is 0.102. The van der Waals surface area contributed by atoms with Crippen LogP contribution < -0.4 is 9.47 Å². The summed E-state index contributed by atoms with van der Waals surface area (Å²) in [5.74, 6) is 1.69. The van der Waals surface area contributed by atoms with Crippen LogP contribution in [0.3, 0.4) is 0 Å². The molecule has 0 radical (unpaired) electrons. The van der Waals surface area contributed by atoms with E-state index in [4.69, 9.17) is 9.47 Å². The number of ether oxygens (including phenoxy) is 2. The van der Waals surface area contributed by atoms with Crippen molar-refractivity contribution in [2.24, 2.45) is 5.41 Å². The first-order valence-electron chi connectivity index (χ1n) is 7.70. The molecule has 0 aromatic heterocycles. The summed E-state index contributed by atoms with van der Waals surface area (Å²) in [4.78, 5) is 0. The molecule has 0 saturated carbocycles. The molecule has 2 rings (SSSR count). The molecule has 0 unspecified atom stereocenters. The average Bonchev–Trinajstić information content (AvgIpc) is 2.52. The van der Waals surface area contributed by atoms with Gasteiger partial charge in [0.1, 0.15) is 11.5 Å². The van der Waals surface area contributed by atoms with Crippen LogP contribution in [0.5, 0.6) is 11.5 Å². The fourth-order valence-electron chi connectivity index (χ4n) is 3.03. The van der Waals surface area contributed by atoms with Gasteiger partial charge in [0.25, 0.3) is 0 Å². The Labute approximate surface area is 134 Å². The second-order valence-electron chi connectivity index (χ2n) is 6.60. The number of hydrogen-bond donors (Lipinski definition) is 0. The molecule has 1 aliphatic rings. The Hall–Kier alpha value is -1.96. The first-order chi connectivity index (χ1) is 10.4. The second-order valence-corrected chi connectivity index (χ2v) is 6.60. The highest BCUT2D eigenvalue weighted by Crippen LogP contribution is 2.45. The van der Waals surface area contributed by atoms with Crippen molar-refractivity contribution >= 4 is 5.57 Å². The van der Waals surface area contributed by atoms with Crippen LogP contribution in [0.4, 0.5) is 0 Å². The predicted octanol–water partition coefficient (Wildman–Crippen LogP) is 5.41. The van der Waals surface area contributed by atoms with Gasteiger partial charge in [0.05, 0.1) is 19.8 Å². The third-order valence-electron chi connectivity index (χ3n) is 4.18. The zero-order valence-electron chi connectivity index (χ0n) is 14.3. The van der Waals surface area contributed by atoms with Crippen LogP contribution in [0, 0.1) is 5.41 Å². The molecule has 0 spiro atoms. The van der Waals surface area contributed by atoms with E-state index in [9.17, 15) is 0 Å². The van der Waals surface area contributed by atoms with Crippen LogP contribution in [-0.4, -0.2) is 14.2 Å². The second kappa shape index (κ2) is 6.43. The molecule has 1 aromatic carbocycles. The molecule has 2 nitrogen and oxygen atoms in total. The number of allylic oxidation sites excluding steroid dienone is 5. The fraction of sp³-hybridized carbons (Fsp3) is 0.400. The van der Waals surface area contributed by atoms with Crippen molar-refractivity contribution in [3.05, 3.63) is 53.6 Å². The van der Waals surface area contributed by atoms with E-state index in [1.54, 1.807) is 14.2 Å². The summed E-state index contributed by atoms with van der Waals surface area (Å²) in [6.07, 6.45) is 6.26. The van der Waals surface area contributed by atoms with Gasteiger partial charge in [0, 0.05) is 0 Å². The highest BCUT2D eigenvalue weighted by molar-refractivity contribution is 5.86. The molecule has 2 heteroatoms. The molecule has 0 amide bonds. The number of benzene rings is 1. The Morgan fingerprint density at radius 1 is 1.05 bits per heavy atom. The smallest absolute Gasteiger partial charge is 0.130 e. The lowest BCUT2D eigenvalue weighted by atomic mass is 9.75. The van der Waals surface area contributed by atoms with E-state index >= 15 is 0 Å². The quantitative estimate of drug-likeness (QED) is 0.740. The van der Waals surface area contributed by atoms with E-state index in [1.165, 1.54) is 16.7 Å². The largest absolute Gasteiger partial charge is 0.496 e. The molecule has 0 fully saturated rings. The van der Waals surface area contributed by atoms with E-state index in [1.807, 2.05) is 24.3 Å². The van der Waals surface area contributed by atoms with Crippen LogP contribution in [0.15, 0.2) is 48.1 Å². The SMILES string of the molecule is C=CC1=CC(c2c(OC)cccc2OC)=C(C(C)(C)C)CC1. The standard InChI is InChI=1S/C20H26O2/c1-7-14-11-12-16(20(2,3)4)15(13-14)19-17(21-5)9-8-10-18(19)22-6/h7-10,13H,1,11-12H2,2-6H3. The Morgan fingerprint density at radius 3 is 2.09 bits per heavy atom. The molecule has 0 atom stereocenters. The molecule has 0 saturated heterocycles. The fourth-order valence-corrected chi connectivity index (χ4v) is 3.03. The maximum Gasteiger partial charge on any atom is 0.130 e. The van der Waals surface area contributed by atoms with E-state index in [0.717, 1.165) is 29.9 Å². The summed E-state index contributed by atoms with van der Waals surface area (Å²) in [5, 5.41) is 0. The van der Waals surface area contributed by atoms with Gasteiger partial charge in [-0.2, -0.15) is 0 Å².